The average molecular weight is 349 g/mol. The molecule has 0 saturated heterocycles. The minimum Gasteiger partial charge on any atom is -0.337 e. The van der Waals surface area contributed by atoms with Crippen LogP contribution in [0.4, 0.5) is 26.3 Å². The zero-order chi connectivity index (χ0) is 18.0. The van der Waals surface area contributed by atoms with E-state index in [2.05, 4.69) is 10.2 Å². The molecular formula is C14H9F6N3O. The fourth-order valence-corrected chi connectivity index (χ4v) is 1.98. The number of hydrogen-bond donors (Lipinski definition) is 1. The molecule has 0 aliphatic heterocycles. The van der Waals surface area contributed by atoms with Crippen LogP contribution >= 0.6 is 0 Å². The van der Waals surface area contributed by atoms with Gasteiger partial charge >= 0.3 is 12.4 Å². The van der Waals surface area contributed by atoms with Crippen molar-refractivity contribution >= 4 is 5.91 Å². The van der Waals surface area contributed by atoms with Gasteiger partial charge in [0.1, 0.15) is 0 Å². The molecule has 1 atom stereocenters. The first-order valence-corrected chi connectivity index (χ1v) is 6.41. The van der Waals surface area contributed by atoms with Crippen LogP contribution in [-0.4, -0.2) is 22.3 Å². The first-order valence-electron chi connectivity index (χ1n) is 6.41. The molecule has 0 fully saturated rings. The van der Waals surface area contributed by atoms with Crippen LogP contribution in [0.25, 0.3) is 0 Å². The summed E-state index contributed by atoms with van der Waals surface area (Å²) >= 11 is 0. The lowest BCUT2D eigenvalue weighted by atomic mass is 9.99. The van der Waals surface area contributed by atoms with E-state index in [1.165, 1.54) is 0 Å². The van der Waals surface area contributed by atoms with Crippen molar-refractivity contribution in [3.05, 3.63) is 59.4 Å². The molecule has 0 spiro atoms. The number of benzene rings is 1. The molecule has 1 N–H and O–H groups in total. The van der Waals surface area contributed by atoms with Crippen molar-refractivity contribution in [3.63, 3.8) is 0 Å². The highest BCUT2D eigenvalue weighted by atomic mass is 19.4. The summed E-state index contributed by atoms with van der Waals surface area (Å²) in [5.74, 6) is -1.22. The van der Waals surface area contributed by atoms with Gasteiger partial charge in [-0.2, -0.15) is 36.5 Å². The highest BCUT2D eigenvalue weighted by Crippen LogP contribution is 2.40. The molecule has 10 heteroatoms. The van der Waals surface area contributed by atoms with Crippen molar-refractivity contribution in [1.82, 2.24) is 15.5 Å². The molecule has 24 heavy (non-hydrogen) atoms. The number of alkyl halides is 6. The number of aromatic nitrogens is 2. The lowest BCUT2D eigenvalue weighted by molar-refractivity contribution is -0.160. The van der Waals surface area contributed by atoms with Crippen LogP contribution in [0.1, 0.15) is 27.5 Å². The molecule has 2 rings (SSSR count). The molecule has 1 aromatic heterocycles. The number of rotatable bonds is 3. The van der Waals surface area contributed by atoms with E-state index in [0.29, 0.717) is 12.1 Å². The summed E-state index contributed by atoms with van der Waals surface area (Å²) in [5, 5.41) is 8.26. The Bertz CT molecular complexity index is 714. The number of carbonyl (C=O) groups is 1. The number of nitrogens with one attached hydrogen (secondary N) is 1. The largest absolute Gasteiger partial charge is 0.416 e. The molecule has 1 heterocycles. The van der Waals surface area contributed by atoms with Gasteiger partial charge in [0.25, 0.3) is 5.91 Å². The van der Waals surface area contributed by atoms with Gasteiger partial charge in [0.15, 0.2) is 6.04 Å². The molecule has 1 aromatic carbocycles. The van der Waals surface area contributed by atoms with E-state index < -0.39 is 35.4 Å². The zero-order valence-corrected chi connectivity index (χ0v) is 11.7. The SMILES string of the molecule is O=C(NC(c1ccccc1C(F)(F)F)C(F)(F)F)c1ccnnc1. The van der Waals surface area contributed by atoms with Gasteiger partial charge in [0.2, 0.25) is 0 Å². The fourth-order valence-electron chi connectivity index (χ4n) is 1.98. The van der Waals surface area contributed by atoms with Gasteiger partial charge in [0, 0.05) is 0 Å². The average Bonchev–Trinajstić information content (AvgIpc) is 2.51. The van der Waals surface area contributed by atoms with Crippen LogP contribution in [0.2, 0.25) is 0 Å². The lowest BCUT2D eigenvalue weighted by Gasteiger charge is -2.25. The Balaban J connectivity index is 2.43. The Hall–Kier alpha value is -2.65. The molecule has 1 amide bonds. The standard InChI is InChI=1S/C14H9F6N3O/c15-13(16,17)10-4-2-1-3-9(10)11(14(18,19)20)23-12(24)8-5-6-21-22-7-8/h1-7,11H,(H,23,24). The quantitative estimate of drug-likeness (QED) is 0.863. The Kier molecular flexibility index (Phi) is 4.76. The van der Waals surface area contributed by atoms with Gasteiger partial charge in [-0.1, -0.05) is 18.2 Å². The summed E-state index contributed by atoms with van der Waals surface area (Å²) in [7, 11) is 0. The normalized spacial score (nSPS) is 13.4. The number of hydrogen-bond acceptors (Lipinski definition) is 3. The van der Waals surface area contributed by atoms with E-state index in [1.807, 2.05) is 0 Å². The molecule has 0 radical (unpaired) electrons. The minimum atomic E-state index is -5.13. The smallest absolute Gasteiger partial charge is 0.337 e. The van der Waals surface area contributed by atoms with Crippen molar-refractivity contribution in [3.8, 4) is 0 Å². The van der Waals surface area contributed by atoms with Crippen LogP contribution in [-0.2, 0) is 6.18 Å². The van der Waals surface area contributed by atoms with Crippen LogP contribution in [0, 0.1) is 0 Å². The maximum atomic E-state index is 13.2. The summed E-state index contributed by atoms with van der Waals surface area (Å²) in [6.45, 7) is 0. The van der Waals surface area contributed by atoms with E-state index >= 15 is 0 Å². The molecule has 2 aromatic rings. The van der Waals surface area contributed by atoms with Crippen molar-refractivity contribution in [2.45, 2.75) is 18.4 Å². The van der Waals surface area contributed by atoms with Crippen molar-refractivity contribution in [2.24, 2.45) is 0 Å². The topological polar surface area (TPSA) is 54.9 Å². The number of amides is 1. The zero-order valence-electron chi connectivity index (χ0n) is 11.7. The van der Waals surface area contributed by atoms with E-state index in [9.17, 15) is 31.1 Å². The van der Waals surface area contributed by atoms with Gasteiger partial charge in [-0.25, -0.2) is 0 Å². The highest BCUT2D eigenvalue weighted by Gasteiger charge is 2.46. The van der Waals surface area contributed by atoms with Crippen LogP contribution in [0.3, 0.4) is 0 Å². The molecule has 4 nitrogen and oxygen atoms in total. The Morgan fingerprint density at radius 1 is 1.00 bits per heavy atom. The monoisotopic (exact) mass is 349 g/mol. The van der Waals surface area contributed by atoms with Crippen molar-refractivity contribution in [2.75, 3.05) is 0 Å². The fraction of sp³-hybridized carbons (Fsp3) is 0.214. The molecule has 0 aliphatic rings. The number of halogens is 6. The minimum absolute atomic E-state index is 0.260. The van der Waals surface area contributed by atoms with E-state index in [-0.39, 0.29) is 5.56 Å². The summed E-state index contributed by atoms with van der Waals surface area (Å²) < 4.78 is 78.6. The third-order valence-electron chi connectivity index (χ3n) is 3.03. The summed E-state index contributed by atoms with van der Waals surface area (Å²) in [5.41, 5.74) is -2.82. The van der Waals surface area contributed by atoms with Crippen LogP contribution in [0.5, 0.6) is 0 Å². The van der Waals surface area contributed by atoms with Gasteiger partial charge in [-0.3, -0.25) is 4.79 Å². The number of nitrogens with zero attached hydrogens (tertiary/aromatic N) is 2. The second-order valence-corrected chi connectivity index (χ2v) is 4.66. The van der Waals surface area contributed by atoms with Gasteiger partial charge in [-0.05, 0) is 17.7 Å². The Morgan fingerprint density at radius 2 is 1.67 bits per heavy atom. The van der Waals surface area contributed by atoms with Gasteiger partial charge in [-0.15, -0.1) is 0 Å². The molecule has 0 bridgehead atoms. The van der Waals surface area contributed by atoms with Crippen molar-refractivity contribution in [1.29, 1.82) is 0 Å². The molecule has 1 unspecified atom stereocenters. The second-order valence-electron chi connectivity index (χ2n) is 4.66. The predicted octanol–water partition coefficient (Wildman–Crippen LogP) is 3.53. The molecule has 0 saturated carbocycles. The van der Waals surface area contributed by atoms with Crippen molar-refractivity contribution < 1.29 is 31.1 Å². The third-order valence-corrected chi connectivity index (χ3v) is 3.03. The summed E-state index contributed by atoms with van der Waals surface area (Å²) in [6.07, 6.45) is -8.15. The van der Waals surface area contributed by atoms with Crippen LogP contribution in [0.15, 0.2) is 42.7 Å². The first-order chi connectivity index (χ1) is 11.1. The third kappa shape index (κ3) is 4.00. The Labute approximate surface area is 131 Å². The molecule has 0 aliphatic carbocycles. The molecular weight excluding hydrogens is 340 g/mol. The second kappa shape index (κ2) is 6.46. The van der Waals surface area contributed by atoms with Gasteiger partial charge < -0.3 is 5.32 Å². The van der Waals surface area contributed by atoms with E-state index in [4.69, 9.17) is 0 Å². The lowest BCUT2D eigenvalue weighted by Crippen LogP contribution is -2.39. The van der Waals surface area contributed by atoms with E-state index in [1.54, 1.807) is 5.32 Å². The summed E-state index contributed by atoms with van der Waals surface area (Å²) in [4.78, 5) is 11.9. The molecule has 128 valence electrons. The highest BCUT2D eigenvalue weighted by molar-refractivity contribution is 5.94. The van der Waals surface area contributed by atoms with E-state index in [0.717, 1.165) is 30.6 Å². The maximum absolute atomic E-state index is 13.2. The maximum Gasteiger partial charge on any atom is 0.416 e. The van der Waals surface area contributed by atoms with Crippen LogP contribution < -0.4 is 5.32 Å². The summed E-state index contributed by atoms with van der Waals surface area (Å²) in [6, 6.07) is 1.46. The first kappa shape index (κ1) is 17.7. The predicted molar refractivity (Wildman–Crippen MR) is 69.7 cm³/mol. The Morgan fingerprint density at radius 3 is 2.21 bits per heavy atom. The van der Waals surface area contributed by atoms with Gasteiger partial charge in [0.05, 0.1) is 23.5 Å². The number of carbonyl (C=O) groups excluding carboxylic acids is 1.